The summed E-state index contributed by atoms with van der Waals surface area (Å²) < 4.78 is 0. The van der Waals surface area contributed by atoms with Gasteiger partial charge in [-0.1, -0.05) is 0 Å². The second kappa shape index (κ2) is 2.77. The smallest absolute Gasteiger partial charge is 0.225 e. The first-order valence-electron chi connectivity index (χ1n) is 3.37. The quantitative estimate of drug-likeness (QED) is 0.343. The molecule has 4 unspecified atom stereocenters. The van der Waals surface area contributed by atoms with Gasteiger partial charge in [0.25, 0.3) is 0 Å². The molecule has 1 aliphatic carbocycles. The molecule has 0 aromatic heterocycles. The third-order valence-corrected chi connectivity index (χ3v) is 1.99. The summed E-state index contributed by atoms with van der Waals surface area (Å²) in [5.41, 5.74) is 4.87. The normalized spacial score (nSPS) is 44.3. The van der Waals surface area contributed by atoms with Crippen LogP contribution in [0.15, 0.2) is 0 Å². The van der Waals surface area contributed by atoms with Crippen molar-refractivity contribution in [2.24, 2.45) is 11.7 Å². The first-order chi connectivity index (χ1) is 5.04. The first-order valence-corrected chi connectivity index (χ1v) is 3.37. The van der Waals surface area contributed by atoms with E-state index >= 15 is 0 Å². The molecule has 0 heterocycles. The molecule has 5 N–H and O–H groups in total. The van der Waals surface area contributed by atoms with Gasteiger partial charge >= 0.3 is 0 Å². The van der Waals surface area contributed by atoms with Crippen molar-refractivity contribution in [3.8, 4) is 0 Å². The Morgan fingerprint density at radius 3 is 2.00 bits per heavy atom. The number of hydrogen-bond acceptors (Lipinski definition) is 4. The molecule has 0 spiro atoms. The minimum Gasteiger partial charge on any atom is -0.392 e. The van der Waals surface area contributed by atoms with Gasteiger partial charge in [-0.2, -0.15) is 0 Å². The van der Waals surface area contributed by atoms with Gasteiger partial charge in [0.1, 0.15) is 0 Å². The topological polar surface area (TPSA) is 104 Å². The third kappa shape index (κ3) is 1.35. The van der Waals surface area contributed by atoms with Crippen molar-refractivity contribution in [1.29, 1.82) is 0 Å². The van der Waals surface area contributed by atoms with Gasteiger partial charge in [0, 0.05) is 6.42 Å². The molecule has 1 rings (SSSR count). The number of rotatable bonds is 1. The highest BCUT2D eigenvalue weighted by molar-refractivity contribution is 5.78. The molecule has 1 saturated carbocycles. The number of amides is 1. The molecule has 0 aliphatic heterocycles. The predicted octanol–water partition coefficient (Wildman–Crippen LogP) is -2.43. The van der Waals surface area contributed by atoms with E-state index in [1.54, 1.807) is 0 Å². The summed E-state index contributed by atoms with van der Waals surface area (Å²) in [6, 6.07) is 0. The third-order valence-electron chi connectivity index (χ3n) is 1.99. The average molecular weight is 161 g/mol. The fraction of sp³-hybridized carbons (Fsp3) is 0.833. The van der Waals surface area contributed by atoms with Crippen LogP contribution in [0.4, 0.5) is 0 Å². The number of nitrogens with two attached hydrogens (primary N) is 1. The standard InChI is InChI=1S/C6H11NO4/c7-6(11)4-2(8)1-3(9)5(4)10/h2-5,8-10H,1H2,(H2,7,11). The van der Waals surface area contributed by atoms with Crippen LogP contribution in [0.2, 0.25) is 0 Å². The second-order valence-corrected chi connectivity index (χ2v) is 2.79. The van der Waals surface area contributed by atoms with E-state index in [0.29, 0.717) is 0 Å². The van der Waals surface area contributed by atoms with Crippen LogP contribution >= 0.6 is 0 Å². The SMILES string of the molecule is NC(=O)C1C(O)CC(O)C1O. The Bertz CT molecular complexity index is 172. The maximum absolute atomic E-state index is 10.6. The maximum Gasteiger partial charge on any atom is 0.225 e. The van der Waals surface area contributed by atoms with Crippen LogP contribution in [0, 0.1) is 5.92 Å². The largest absolute Gasteiger partial charge is 0.392 e. The summed E-state index contributed by atoms with van der Waals surface area (Å²) in [5, 5.41) is 27.1. The molecule has 11 heavy (non-hydrogen) atoms. The summed E-state index contributed by atoms with van der Waals surface area (Å²) in [4.78, 5) is 10.6. The molecule has 1 fully saturated rings. The van der Waals surface area contributed by atoms with E-state index < -0.39 is 30.1 Å². The van der Waals surface area contributed by atoms with Crippen LogP contribution in [-0.2, 0) is 4.79 Å². The van der Waals surface area contributed by atoms with E-state index in [2.05, 4.69) is 0 Å². The van der Waals surface area contributed by atoms with Gasteiger partial charge in [-0.3, -0.25) is 4.79 Å². The molecule has 5 nitrogen and oxygen atoms in total. The van der Waals surface area contributed by atoms with Crippen LogP contribution in [0.5, 0.6) is 0 Å². The van der Waals surface area contributed by atoms with Crippen molar-refractivity contribution in [3.05, 3.63) is 0 Å². The Hall–Kier alpha value is -0.650. The molecule has 0 aromatic carbocycles. The predicted molar refractivity (Wildman–Crippen MR) is 35.3 cm³/mol. The lowest BCUT2D eigenvalue weighted by Gasteiger charge is -2.13. The Kier molecular flexibility index (Phi) is 2.12. The lowest BCUT2D eigenvalue weighted by Crippen LogP contribution is -2.38. The van der Waals surface area contributed by atoms with Crippen molar-refractivity contribution < 1.29 is 20.1 Å². The van der Waals surface area contributed by atoms with Crippen LogP contribution in [0.1, 0.15) is 6.42 Å². The molecule has 0 radical (unpaired) electrons. The van der Waals surface area contributed by atoms with Crippen molar-refractivity contribution in [2.45, 2.75) is 24.7 Å². The molecular weight excluding hydrogens is 150 g/mol. The van der Waals surface area contributed by atoms with Gasteiger partial charge in [-0.15, -0.1) is 0 Å². The Labute approximate surface area is 63.4 Å². The highest BCUT2D eigenvalue weighted by Crippen LogP contribution is 2.26. The van der Waals surface area contributed by atoms with Gasteiger partial charge in [0.05, 0.1) is 24.2 Å². The van der Waals surface area contributed by atoms with Crippen LogP contribution in [0.3, 0.4) is 0 Å². The van der Waals surface area contributed by atoms with Gasteiger partial charge in [0.15, 0.2) is 0 Å². The zero-order valence-electron chi connectivity index (χ0n) is 5.84. The minimum absolute atomic E-state index is 0.00870. The molecule has 64 valence electrons. The van der Waals surface area contributed by atoms with E-state index in [1.807, 2.05) is 0 Å². The zero-order chi connectivity index (χ0) is 8.59. The molecule has 5 heteroatoms. The Morgan fingerprint density at radius 2 is 1.82 bits per heavy atom. The van der Waals surface area contributed by atoms with E-state index in [0.717, 1.165) is 0 Å². The van der Waals surface area contributed by atoms with Crippen molar-refractivity contribution >= 4 is 5.91 Å². The number of aliphatic hydroxyl groups is 3. The zero-order valence-corrected chi connectivity index (χ0v) is 5.84. The molecule has 1 amide bonds. The summed E-state index contributed by atoms with van der Waals surface area (Å²) >= 11 is 0. The summed E-state index contributed by atoms with van der Waals surface area (Å²) in [7, 11) is 0. The number of carbonyl (C=O) groups is 1. The number of primary amides is 1. The minimum atomic E-state index is -1.22. The fourth-order valence-corrected chi connectivity index (χ4v) is 1.36. The Balaban J connectivity index is 2.71. The highest BCUT2D eigenvalue weighted by Gasteiger charge is 2.43. The van der Waals surface area contributed by atoms with Crippen molar-refractivity contribution in [3.63, 3.8) is 0 Å². The van der Waals surface area contributed by atoms with Gasteiger partial charge < -0.3 is 21.1 Å². The number of carbonyl (C=O) groups excluding carboxylic acids is 1. The first kappa shape index (κ1) is 8.45. The highest BCUT2D eigenvalue weighted by atomic mass is 16.3. The van der Waals surface area contributed by atoms with Gasteiger partial charge in [-0.25, -0.2) is 0 Å². The van der Waals surface area contributed by atoms with Crippen LogP contribution < -0.4 is 5.73 Å². The lowest BCUT2D eigenvalue weighted by atomic mass is 10.0. The summed E-state index contributed by atoms with van der Waals surface area (Å²) in [5.74, 6) is -1.80. The fourth-order valence-electron chi connectivity index (χ4n) is 1.36. The molecule has 0 bridgehead atoms. The molecular formula is C6H11NO4. The molecule has 0 aromatic rings. The Morgan fingerprint density at radius 1 is 1.27 bits per heavy atom. The van der Waals surface area contributed by atoms with E-state index in [-0.39, 0.29) is 6.42 Å². The van der Waals surface area contributed by atoms with Gasteiger partial charge in [-0.05, 0) is 0 Å². The van der Waals surface area contributed by atoms with E-state index in [4.69, 9.17) is 21.1 Å². The maximum atomic E-state index is 10.6. The van der Waals surface area contributed by atoms with Crippen molar-refractivity contribution in [2.75, 3.05) is 0 Å². The van der Waals surface area contributed by atoms with E-state index in [1.165, 1.54) is 0 Å². The summed E-state index contributed by atoms with van der Waals surface area (Å²) in [6.45, 7) is 0. The second-order valence-electron chi connectivity index (χ2n) is 2.79. The molecule has 1 aliphatic rings. The van der Waals surface area contributed by atoms with Gasteiger partial charge in [0.2, 0.25) is 5.91 Å². The lowest BCUT2D eigenvalue weighted by molar-refractivity contribution is -0.128. The number of aliphatic hydroxyl groups excluding tert-OH is 3. The monoisotopic (exact) mass is 161 g/mol. The summed E-state index contributed by atoms with van der Waals surface area (Å²) in [6.07, 6.45) is -3.27. The van der Waals surface area contributed by atoms with E-state index in [9.17, 15) is 4.79 Å². The molecule has 4 atom stereocenters. The average Bonchev–Trinajstić information content (AvgIpc) is 2.07. The van der Waals surface area contributed by atoms with Crippen LogP contribution in [0.25, 0.3) is 0 Å². The number of hydrogen-bond donors (Lipinski definition) is 4. The van der Waals surface area contributed by atoms with Crippen LogP contribution in [-0.4, -0.2) is 39.5 Å². The molecule has 0 saturated heterocycles. The van der Waals surface area contributed by atoms with Crippen molar-refractivity contribution in [1.82, 2.24) is 0 Å².